The number of rotatable bonds is 1. The highest BCUT2D eigenvalue weighted by atomic mass is 19.1. The number of β-amino-alcohol motifs (C(OH)–C–C–N with tert-alkyl or cyclic N) is 1. The standard InChI is InChI=1S/C12H12F2N2O/c1-12(17)2-3-16(7-12)11-9(13)4-8(6-15)5-10(11)14/h4-5,17H,2-3,7H2,1H3. The van der Waals surface area contributed by atoms with Crippen molar-refractivity contribution < 1.29 is 13.9 Å². The Morgan fingerprint density at radius 1 is 1.41 bits per heavy atom. The molecule has 1 aromatic carbocycles. The molecule has 0 spiro atoms. The van der Waals surface area contributed by atoms with E-state index in [9.17, 15) is 13.9 Å². The van der Waals surface area contributed by atoms with Crippen molar-refractivity contribution in [3.05, 3.63) is 29.3 Å². The average molecular weight is 238 g/mol. The van der Waals surface area contributed by atoms with Gasteiger partial charge in [-0.1, -0.05) is 0 Å². The predicted molar refractivity (Wildman–Crippen MR) is 58.5 cm³/mol. The molecule has 1 saturated heterocycles. The minimum absolute atomic E-state index is 0.0466. The fraction of sp³-hybridized carbons (Fsp3) is 0.417. The van der Waals surface area contributed by atoms with E-state index < -0.39 is 17.2 Å². The predicted octanol–water partition coefficient (Wildman–Crippen LogP) is 1.80. The minimum atomic E-state index is -0.924. The number of nitriles is 1. The van der Waals surface area contributed by atoms with Gasteiger partial charge in [-0.05, 0) is 25.5 Å². The summed E-state index contributed by atoms with van der Waals surface area (Å²) in [4.78, 5) is 1.46. The Morgan fingerprint density at radius 3 is 2.41 bits per heavy atom. The van der Waals surface area contributed by atoms with E-state index in [0.29, 0.717) is 13.0 Å². The molecule has 1 aliphatic heterocycles. The van der Waals surface area contributed by atoms with Gasteiger partial charge in [0, 0.05) is 13.1 Å². The van der Waals surface area contributed by atoms with E-state index in [-0.39, 0.29) is 17.8 Å². The number of hydrogen-bond donors (Lipinski definition) is 1. The molecular weight excluding hydrogens is 226 g/mol. The van der Waals surface area contributed by atoms with E-state index in [1.54, 1.807) is 13.0 Å². The van der Waals surface area contributed by atoms with Crippen LogP contribution in [0.15, 0.2) is 12.1 Å². The molecule has 1 heterocycles. The topological polar surface area (TPSA) is 47.3 Å². The Labute approximate surface area is 97.9 Å². The average Bonchev–Trinajstić information content (AvgIpc) is 2.57. The third kappa shape index (κ3) is 2.22. The molecule has 3 nitrogen and oxygen atoms in total. The Balaban J connectivity index is 2.38. The lowest BCUT2D eigenvalue weighted by molar-refractivity contribution is 0.0839. The quantitative estimate of drug-likeness (QED) is 0.811. The number of benzene rings is 1. The summed E-state index contributed by atoms with van der Waals surface area (Å²) >= 11 is 0. The van der Waals surface area contributed by atoms with Crippen molar-refractivity contribution in [3.63, 3.8) is 0 Å². The molecule has 0 saturated carbocycles. The van der Waals surface area contributed by atoms with Crippen LogP contribution in [0.2, 0.25) is 0 Å². The molecule has 90 valence electrons. The maximum atomic E-state index is 13.7. The van der Waals surface area contributed by atoms with Gasteiger partial charge in [-0.25, -0.2) is 8.78 Å². The normalized spacial score (nSPS) is 23.8. The largest absolute Gasteiger partial charge is 0.388 e. The summed E-state index contributed by atoms with van der Waals surface area (Å²) < 4.78 is 27.4. The second-order valence-electron chi connectivity index (χ2n) is 4.57. The molecule has 1 N–H and O–H groups in total. The van der Waals surface area contributed by atoms with Crippen LogP contribution < -0.4 is 4.90 Å². The first kappa shape index (κ1) is 11.8. The zero-order valence-electron chi connectivity index (χ0n) is 9.37. The molecule has 1 aromatic rings. The van der Waals surface area contributed by atoms with Crippen LogP contribution in [0.1, 0.15) is 18.9 Å². The third-order valence-corrected chi connectivity index (χ3v) is 2.91. The van der Waals surface area contributed by atoms with Crippen LogP contribution in [-0.2, 0) is 0 Å². The number of nitrogens with zero attached hydrogens (tertiary/aromatic N) is 2. The molecule has 0 bridgehead atoms. The van der Waals surface area contributed by atoms with Crippen molar-refractivity contribution in [2.45, 2.75) is 18.9 Å². The van der Waals surface area contributed by atoms with E-state index in [0.717, 1.165) is 12.1 Å². The Morgan fingerprint density at radius 2 is 2.00 bits per heavy atom. The summed E-state index contributed by atoms with van der Waals surface area (Å²) in [5, 5.41) is 18.4. The Hall–Kier alpha value is -1.67. The van der Waals surface area contributed by atoms with Crippen molar-refractivity contribution in [3.8, 4) is 6.07 Å². The first-order valence-corrected chi connectivity index (χ1v) is 5.29. The lowest BCUT2D eigenvalue weighted by Crippen LogP contribution is -2.30. The molecule has 1 fully saturated rings. The number of anilines is 1. The molecule has 0 amide bonds. The van der Waals surface area contributed by atoms with E-state index in [1.807, 2.05) is 0 Å². The van der Waals surface area contributed by atoms with Crippen LogP contribution in [0.4, 0.5) is 14.5 Å². The highest BCUT2D eigenvalue weighted by Crippen LogP contribution is 2.31. The van der Waals surface area contributed by atoms with Gasteiger partial charge in [0.1, 0.15) is 5.69 Å². The summed E-state index contributed by atoms with van der Waals surface area (Å²) in [5.74, 6) is -1.53. The molecule has 1 unspecified atom stereocenters. The second kappa shape index (κ2) is 3.97. The Kier molecular flexibility index (Phi) is 2.76. The number of hydrogen-bond acceptors (Lipinski definition) is 3. The molecule has 17 heavy (non-hydrogen) atoms. The highest BCUT2D eigenvalue weighted by Gasteiger charge is 2.33. The van der Waals surface area contributed by atoms with Crippen LogP contribution in [0.5, 0.6) is 0 Å². The molecule has 0 aliphatic carbocycles. The lowest BCUT2D eigenvalue weighted by atomic mass is 10.1. The monoisotopic (exact) mass is 238 g/mol. The van der Waals surface area contributed by atoms with Gasteiger partial charge < -0.3 is 10.0 Å². The molecule has 0 radical (unpaired) electrons. The van der Waals surface area contributed by atoms with Crippen molar-refractivity contribution in [2.24, 2.45) is 0 Å². The molecule has 5 heteroatoms. The lowest BCUT2D eigenvalue weighted by Gasteiger charge is -2.21. The second-order valence-corrected chi connectivity index (χ2v) is 4.57. The van der Waals surface area contributed by atoms with Gasteiger partial charge in [0.2, 0.25) is 0 Å². The molecule has 0 aromatic heterocycles. The molecule has 2 rings (SSSR count). The number of halogens is 2. The van der Waals surface area contributed by atoms with Gasteiger partial charge >= 0.3 is 0 Å². The maximum Gasteiger partial charge on any atom is 0.150 e. The SMILES string of the molecule is CC1(O)CCN(c2c(F)cc(C#N)cc2F)C1. The van der Waals surface area contributed by atoms with Crippen LogP contribution in [0.3, 0.4) is 0 Å². The zero-order valence-corrected chi connectivity index (χ0v) is 9.37. The highest BCUT2D eigenvalue weighted by molar-refractivity contribution is 5.53. The van der Waals surface area contributed by atoms with Crippen molar-refractivity contribution in [2.75, 3.05) is 18.0 Å². The van der Waals surface area contributed by atoms with Crippen LogP contribution >= 0.6 is 0 Å². The Bertz CT molecular complexity index is 471. The molecule has 1 atom stereocenters. The van der Waals surface area contributed by atoms with Crippen LogP contribution in [0, 0.1) is 23.0 Å². The van der Waals surface area contributed by atoms with Gasteiger partial charge in [-0.15, -0.1) is 0 Å². The molecule has 1 aliphatic rings. The summed E-state index contributed by atoms with van der Waals surface area (Å²) in [6.45, 7) is 2.21. The number of aliphatic hydroxyl groups is 1. The van der Waals surface area contributed by atoms with E-state index in [1.165, 1.54) is 4.90 Å². The van der Waals surface area contributed by atoms with E-state index in [2.05, 4.69) is 0 Å². The van der Waals surface area contributed by atoms with Gasteiger partial charge in [0.25, 0.3) is 0 Å². The van der Waals surface area contributed by atoms with Crippen molar-refractivity contribution >= 4 is 5.69 Å². The minimum Gasteiger partial charge on any atom is -0.388 e. The van der Waals surface area contributed by atoms with E-state index in [4.69, 9.17) is 5.26 Å². The fourth-order valence-corrected chi connectivity index (χ4v) is 2.07. The first-order valence-electron chi connectivity index (χ1n) is 5.29. The van der Waals surface area contributed by atoms with Gasteiger partial charge in [0.15, 0.2) is 11.6 Å². The summed E-state index contributed by atoms with van der Waals surface area (Å²) in [6.07, 6.45) is 0.464. The third-order valence-electron chi connectivity index (χ3n) is 2.91. The summed E-state index contributed by atoms with van der Waals surface area (Å²) in [6, 6.07) is 3.71. The summed E-state index contributed by atoms with van der Waals surface area (Å²) in [5.41, 5.74) is -1.14. The van der Waals surface area contributed by atoms with E-state index >= 15 is 0 Å². The van der Waals surface area contributed by atoms with Gasteiger partial charge in [0.05, 0.1) is 17.2 Å². The first-order chi connectivity index (χ1) is 7.93. The van der Waals surface area contributed by atoms with Crippen molar-refractivity contribution in [1.29, 1.82) is 5.26 Å². The zero-order chi connectivity index (χ0) is 12.6. The van der Waals surface area contributed by atoms with Gasteiger partial charge in [-0.3, -0.25) is 0 Å². The molecular formula is C12H12F2N2O. The van der Waals surface area contributed by atoms with Gasteiger partial charge in [-0.2, -0.15) is 5.26 Å². The maximum absolute atomic E-state index is 13.7. The van der Waals surface area contributed by atoms with Crippen LogP contribution in [0.25, 0.3) is 0 Å². The fourth-order valence-electron chi connectivity index (χ4n) is 2.07. The van der Waals surface area contributed by atoms with Crippen molar-refractivity contribution in [1.82, 2.24) is 0 Å². The smallest absolute Gasteiger partial charge is 0.150 e. The van der Waals surface area contributed by atoms with Crippen LogP contribution in [-0.4, -0.2) is 23.8 Å². The summed E-state index contributed by atoms with van der Waals surface area (Å²) in [7, 11) is 0.